The number of carbonyl (C=O) groups is 2. The van der Waals surface area contributed by atoms with Crippen LogP contribution in [0.3, 0.4) is 0 Å². The monoisotopic (exact) mass is 498 g/mol. The maximum atomic E-state index is 13.6. The van der Waals surface area contributed by atoms with Crippen LogP contribution in [0.2, 0.25) is 10.0 Å². The number of amides is 2. The number of methoxy groups -OCH3 is 1. The van der Waals surface area contributed by atoms with Crippen molar-refractivity contribution in [3.63, 3.8) is 0 Å². The molecule has 0 aromatic heterocycles. The zero-order chi connectivity index (χ0) is 23.7. The SMILES string of the molecule is COc1ccc(Cl)cc1N1C(=O)C(Nc2cc(C)ccc2C)=C(Sc2ccc(Cl)cc2)C1=O. The second-order valence-electron chi connectivity index (χ2n) is 7.47. The van der Waals surface area contributed by atoms with Gasteiger partial charge in [0.15, 0.2) is 0 Å². The molecule has 4 rings (SSSR count). The lowest BCUT2D eigenvalue weighted by atomic mass is 10.1. The van der Waals surface area contributed by atoms with E-state index in [4.69, 9.17) is 27.9 Å². The van der Waals surface area contributed by atoms with Crippen LogP contribution in [0.15, 0.2) is 76.2 Å². The molecular formula is C25H20Cl2N2O3S. The Hall–Kier alpha value is -2.93. The third kappa shape index (κ3) is 4.74. The Morgan fingerprint density at radius 1 is 0.879 bits per heavy atom. The van der Waals surface area contributed by atoms with Crippen LogP contribution >= 0.6 is 35.0 Å². The molecule has 3 aromatic rings. The number of benzene rings is 3. The molecule has 1 heterocycles. The fourth-order valence-electron chi connectivity index (χ4n) is 3.40. The molecule has 8 heteroatoms. The van der Waals surface area contributed by atoms with Gasteiger partial charge in [-0.3, -0.25) is 9.59 Å². The molecule has 0 spiro atoms. The lowest BCUT2D eigenvalue weighted by Gasteiger charge is -2.19. The van der Waals surface area contributed by atoms with Gasteiger partial charge in [0.05, 0.1) is 12.8 Å². The summed E-state index contributed by atoms with van der Waals surface area (Å²) in [5, 5.41) is 4.18. The smallest absolute Gasteiger partial charge is 0.283 e. The average molecular weight is 499 g/mol. The molecule has 1 aliphatic rings. The Kier molecular flexibility index (Phi) is 6.70. The molecule has 0 saturated heterocycles. The van der Waals surface area contributed by atoms with Crippen LogP contribution in [0.25, 0.3) is 0 Å². The summed E-state index contributed by atoms with van der Waals surface area (Å²) in [6, 6.07) is 17.8. The van der Waals surface area contributed by atoms with Gasteiger partial charge in [0, 0.05) is 20.6 Å². The van der Waals surface area contributed by atoms with Gasteiger partial charge in [-0.05, 0) is 73.5 Å². The highest BCUT2D eigenvalue weighted by Crippen LogP contribution is 2.41. The van der Waals surface area contributed by atoms with E-state index in [1.165, 1.54) is 18.9 Å². The van der Waals surface area contributed by atoms with E-state index in [0.717, 1.165) is 26.6 Å². The molecule has 3 aromatic carbocycles. The molecule has 1 aliphatic heterocycles. The summed E-state index contributed by atoms with van der Waals surface area (Å²) in [6.07, 6.45) is 0. The first kappa shape index (κ1) is 23.2. The van der Waals surface area contributed by atoms with Gasteiger partial charge in [0.25, 0.3) is 11.8 Å². The molecule has 0 fully saturated rings. The molecule has 5 nitrogen and oxygen atoms in total. The van der Waals surface area contributed by atoms with Crippen LogP contribution in [-0.2, 0) is 9.59 Å². The number of nitrogens with zero attached hydrogens (tertiary/aromatic N) is 1. The van der Waals surface area contributed by atoms with E-state index in [0.29, 0.717) is 15.8 Å². The summed E-state index contributed by atoms with van der Waals surface area (Å²) in [6.45, 7) is 3.90. The molecule has 0 aliphatic carbocycles. The molecule has 0 saturated carbocycles. The van der Waals surface area contributed by atoms with Crippen LogP contribution < -0.4 is 15.0 Å². The fraction of sp³-hybridized carbons (Fsp3) is 0.120. The molecule has 2 amide bonds. The van der Waals surface area contributed by atoms with E-state index < -0.39 is 11.8 Å². The fourth-order valence-corrected chi connectivity index (χ4v) is 4.62. The zero-order valence-electron chi connectivity index (χ0n) is 18.1. The van der Waals surface area contributed by atoms with E-state index in [9.17, 15) is 9.59 Å². The maximum Gasteiger partial charge on any atom is 0.283 e. The summed E-state index contributed by atoms with van der Waals surface area (Å²) < 4.78 is 5.40. The molecule has 168 valence electrons. The van der Waals surface area contributed by atoms with Crippen molar-refractivity contribution in [2.45, 2.75) is 18.7 Å². The first-order valence-corrected chi connectivity index (χ1v) is 11.6. The van der Waals surface area contributed by atoms with Crippen LogP contribution in [0.1, 0.15) is 11.1 Å². The normalized spacial score (nSPS) is 13.7. The van der Waals surface area contributed by atoms with Crippen molar-refractivity contribution in [3.05, 3.63) is 92.4 Å². The Morgan fingerprint density at radius 3 is 2.27 bits per heavy atom. The topological polar surface area (TPSA) is 58.6 Å². The first-order chi connectivity index (χ1) is 15.8. The molecule has 1 N–H and O–H groups in total. The minimum Gasteiger partial charge on any atom is -0.495 e. The number of imide groups is 1. The van der Waals surface area contributed by atoms with Crippen molar-refractivity contribution in [1.29, 1.82) is 0 Å². The minimum atomic E-state index is -0.488. The van der Waals surface area contributed by atoms with Gasteiger partial charge in [-0.2, -0.15) is 0 Å². The minimum absolute atomic E-state index is 0.190. The summed E-state index contributed by atoms with van der Waals surface area (Å²) in [5.41, 5.74) is 3.20. The number of halogens is 2. The number of anilines is 2. The number of rotatable bonds is 6. The van der Waals surface area contributed by atoms with Crippen molar-refractivity contribution < 1.29 is 14.3 Å². The Morgan fingerprint density at radius 2 is 1.58 bits per heavy atom. The molecule has 0 bridgehead atoms. The number of thioether (sulfide) groups is 1. The lowest BCUT2D eigenvalue weighted by molar-refractivity contribution is -0.120. The molecule has 0 radical (unpaired) electrons. The van der Waals surface area contributed by atoms with Crippen LogP contribution in [0.4, 0.5) is 11.4 Å². The summed E-state index contributed by atoms with van der Waals surface area (Å²) in [5.74, 6) is -0.587. The first-order valence-electron chi connectivity index (χ1n) is 10.0. The average Bonchev–Trinajstić information content (AvgIpc) is 3.01. The van der Waals surface area contributed by atoms with Crippen molar-refractivity contribution in [3.8, 4) is 5.75 Å². The van der Waals surface area contributed by atoms with Crippen molar-refractivity contribution in [1.82, 2.24) is 0 Å². The van der Waals surface area contributed by atoms with Gasteiger partial charge in [-0.1, -0.05) is 47.1 Å². The Balaban J connectivity index is 1.81. The zero-order valence-corrected chi connectivity index (χ0v) is 20.4. The largest absolute Gasteiger partial charge is 0.495 e. The van der Waals surface area contributed by atoms with Crippen molar-refractivity contribution >= 4 is 58.2 Å². The van der Waals surface area contributed by atoms with Gasteiger partial charge in [0.2, 0.25) is 0 Å². The number of aryl methyl sites for hydroxylation is 2. The highest BCUT2D eigenvalue weighted by atomic mass is 35.5. The predicted molar refractivity (Wildman–Crippen MR) is 134 cm³/mol. The Bertz CT molecular complexity index is 1290. The van der Waals surface area contributed by atoms with Gasteiger partial charge >= 0.3 is 0 Å². The van der Waals surface area contributed by atoms with E-state index in [2.05, 4.69) is 5.32 Å². The molecule has 0 unspecified atom stereocenters. The molecular weight excluding hydrogens is 479 g/mol. The number of ether oxygens (including phenoxy) is 1. The number of hydrogen-bond acceptors (Lipinski definition) is 5. The quantitative estimate of drug-likeness (QED) is 0.387. The molecule has 0 atom stereocenters. The lowest BCUT2D eigenvalue weighted by Crippen LogP contribution is -2.32. The summed E-state index contributed by atoms with van der Waals surface area (Å²) >= 11 is 13.4. The van der Waals surface area contributed by atoms with E-state index in [-0.39, 0.29) is 16.3 Å². The highest BCUT2D eigenvalue weighted by Gasteiger charge is 2.41. The van der Waals surface area contributed by atoms with E-state index >= 15 is 0 Å². The third-order valence-electron chi connectivity index (χ3n) is 5.11. The van der Waals surface area contributed by atoms with Gasteiger partial charge in [-0.25, -0.2) is 4.90 Å². The van der Waals surface area contributed by atoms with Crippen molar-refractivity contribution in [2.75, 3.05) is 17.3 Å². The van der Waals surface area contributed by atoms with E-state index in [1.54, 1.807) is 42.5 Å². The summed E-state index contributed by atoms with van der Waals surface area (Å²) in [4.78, 5) is 29.3. The molecule has 33 heavy (non-hydrogen) atoms. The van der Waals surface area contributed by atoms with Gasteiger partial charge < -0.3 is 10.1 Å². The van der Waals surface area contributed by atoms with Crippen LogP contribution in [0.5, 0.6) is 5.75 Å². The van der Waals surface area contributed by atoms with Crippen LogP contribution in [-0.4, -0.2) is 18.9 Å². The summed E-state index contributed by atoms with van der Waals surface area (Å²) in [7, 11) is 1.48. The van der Waals surface area contributed by atoms with Gasteiger partial charge in [-0.15, -0.1) is 0 Å². The number of nitrogens with one attached hydrogen (secondary N) is 1. The van der Waals surface area contributed by atoms with Crippen LogP contribution in [0, 0.1) is 13.8 Å². The Labute approximate surface area is 206 Å². The second kappa shape index (κ2) is 9.51. The number of hydrogen-bond donors (Lipinski definition) is 1. The van der Waals surface area contributed by atoms with Gasteiger partial charge in [0.1, 0.15) is 16.4 Å². The predicted octanol–water partition coefficient (Wildman–Crippen LogP) is 6.61. The second-order valence-corrected chi connectivity index (χ2v) is 9.42. The standard InChI is InChI=1S/C25H20Cl2N2O3S/c1-14-4-5-15(2)19(12-14)28-22-23(33-18-9-6-16(26)7-10-18)25(31)29(24(22)30)20-13-17(27)8-11-21(20)32-3/h4-13,28H,1-3H3. The highest BCUT2D eigenvalue weighted by molar-refractivity contribution is 8.04. The third-order valence-corrected chi connectivity index (χ3v) is 6.69. The van der Waals surface area contributed by atoms with Crippen molar-refractivity contribution in [2.24, 2.45) is 0 Å². The maximum absolute atomic E-state index is 13.6. The number of carbonyl (C=O) groups excluding carboxylic acids is 2. The van der Waals surface area contributed by atoms with E-state index in [1.807, 2.05) is 32.0 Å².